The van der Waals surface area contributed by atoms with E-state index in [1.807, 2.05) is 13.8 Å². The van der Waals surface area contributed by atoms with E-state index in [1.54, 1.807) is 6.07 Å². The fourth-order valence-electron chi connectivity index (χ4n) is 3.45. The molecule has 170 valence electrons. The number of nitrogens with zero attached hydrogens (tertiary/aromatic N) is 6. The van der Waals surface area contributed by atoms with Crippen LogP contribution in [0.3, 0.4) is 0 Å². The molecule has 0 amide bonds. The van der Waals surface area contributed by atoms with E-state index < -0.39 is 5.56 Å². The number of imidazole rings is 1. The van der Waals surface area contributed by atoms with Gasteiger partial charge in [0.1, 0.15) is 5.76 Å². The fraction of sp³-hybridized carbons (Fsp3) is 0.500. The van der Waals surface area contributed by atoms with E-state index in [0.717, 1.165) is 25.0 Å². The van der Waals surface area contributed by atoms with Gasteiger partial charge < -0.3 is 14.0 Å². The molecule has 0 saturated heterocycles. The number of halogens is 1. The summed E-state index contributed by atoms with van der Waals surface area (Å²) in [5.41, 5.74) is 0.252. The summed E-state index contributed by atoms with van der Waals surface area (Å²) in [5.74, 6) is 1.58. The second kappa shape index (κ2) is 9.51. The van der Waals surface area contributed by atoms with Gasteiger partial charge in [0.2, 0.25) is 5.28 Å². The molecule has 0 atom stereocenters. The first-order valence-electron chi connectivity index (χ1n) is 10.7. The van der Waals surface area contributed by atoms with Gasteiger partial charge in [0.25, 0.3) is 11.4 Å². The lowest BCUT2D eigenvalue weighted by Crippen LogP contribution is -2.40. The number of rotatable bonds is 10. The highest BCUT2D eigenvalue weighted by Crippen LogP contribution is 2.18. The number of hydrogen-bond acceptors (Lipinski definition) is 8. The predicted molar refractivity (Wildman–Crippen MR) is 117 cm³/mol. The van der Waals surface area contributed by atoms with Gasteiger partial charge in [-0.15, -0.1) is 0 Å². The summed E-state index contributed by atoms with van der Waals surface area (Å²) in [6.07, 6.45) is 4.22. The molecule has 4 aromatic heterocycles. The van der Waals surface area contributed by atoms with Gasteiger partial charge in [0.15, 0.2) is 22.7 Å². The molecule has 0 aliphatic carbocycles. The highest BCUT2D eigenvalue weighted by Gasteiger charge is 2.17. The number of nitrogens with one attached hydrogen (secondary N) is 1. The summed E-state index contributed by atoms with van der Waals surface area (Å²) in [5, 5.41) is 7.98. The van der Waals surface area contributed by atoms with Crippen LogP contribution in [-0.4, -0.2) is 34.4 Å². The van der Waals surface area contributed by atoms with Crippen molar-refractivity contribution in [2.75, 3.05) is 0 Å². The molecule has 0 aliphatic rings. The zero-order chi connectivity index (χ0) is 22.7. The highest BCUT2D eigenvalue weighted by atomic mass is 35.5. The smallest absolute Gasteiger partial charge is 0.332 e. The van der Waals surface area contributed by atoms with Crippen LogP contribution in [-0.2, 0) is 25.9 Å². The first-order chi connectivity index (χ1) is 15.5. The molecular formula is C20H24ClN7O4. The second-order valence-electron chi connectivity index (χ2n) is 7.48. The minimum Gasteiger partial charge on any atom is -0.361 e. The maximum absolute atomic E-state index is 12.9. The normalized spacial score (nSPS) is 11.6. The number of unbranched alkanes of at least 4 members (excludes halogenated alkanes) is 2. The van der Waals surface area contributed by atoms with Crippen LogP contribution in [0.25, 0.3) is 22.7 Å². The molecule has 0 unspecified atom stereocenters. The average molecular weight is 462 g/mol. The van der Waals surface area contributed by atoms with E-state index in [0.29, 0.717) is 48.9 Å². The highest BCUT2D eigenvalue weighted by molar-refractivity contribution is 6.28. The van der Waals surface area contributed by atoms with Crippen LogP contribution in [0.4, 0.5) is 0 Å². The molecular weight excluding hydrogens is 438 g/mol. The lowest BCUT2D eigenvalue weighted by molar-refractivity contribution is 0.380. The topological polar surface area (TPSA) is 138 Å². The summed E-state index contributed by atoms with van der Waals surface area (Å²) < 4.78 is 13.1. The molecule has 0 saturated carbocycles. The van der Waals surface area contributed by atoms with Crippen LogP contribution in [0.15, 0.2) is 24.7 Å². The van der Waals surface area contributed by atoms with Crippen molar-refractivity contribution < 1.29 is 9.05 Å². The number of hydrogen-bond donors (Lipinski definition) is 1. The molecule has 0 fully saturated rings. The Morgan fingerprint density at radius 2 is 1.84 bits per heavy atom. The Hall–Kier alpha value is -3.21. The number of fused-ring (bicyclic) bond motifs is 1. The summed E-state index contributed by atoms with van der Waals surface area (Å²) in [6.45, 7) is 4.74. The summed E-state index contributed by atoms with van der Waals surface area (Å²) in [7, 11) is 0. The zero-order valence-corrected chi connectivity index (χ0v) is 18.7. The number of aromatic nitrogens is 7. The maximum atomic E-state index is 12.9. The van der Waals surface area contributed by atoms with Crippen molar-refractivity contribution in [3.63, 3.8) is 0 Å². The Bertz CT molecular complexity index is 1330. The Kier molecular flexibility index (Phi) is 6.54. The minimum atomic E-state index is -0.420. The maximum Gasteiger partial charge on any atom is 0.332 e. The predicted octanol–water partition coefficient (Wildman–Crippen LogP) is 2.96. The Morgan fingerprint density at radius 3 is 2.59 bits per heavy atom. The largest absolute Gasteiger partial charge is 0.361 e. The van der Waals surface area contributed by atoms with Crippen molar-refractivity contribution in [3.05, 3.63) is 43.8 Å². The van der Waals surface area contributed by atoms with E-state index >= 15 is 0 Å². The average Bonchev–Trinajstić information content (AvgIpc) is 3.52. The zero-order valence-electron chi connectivity index (χ0n) is 17.9. The molecule has 4 heterocycles. The van der Waals surface area contributed by atoms with Crippen LogP contribution < -0.4 is 11.2 Å². The molecule has 12 heteroatoms. The van der Waals surface area contributed by atoms with Gasteiger partial charge in [-0.1, -0.05) is 30.6 Å². The quantitative estimate of drug-likeness (QED) is 0.281. The SMILES string of the molecule is CCCCn1c(=O)n(CCCCc2noc(-c3cc(CC)on3)n2)c(=O)c2[nH]c(Cl)nc21. The molecule has 4 aromatic rings. The van der Waals surface area contributed by atoms with E-state index in [1.165, 1.54) is 9.13 Å². The van der Waals surface area contributed by atoms with Crippen molar-refractivity contribution in [1.29, 1.82) is 0 Å². The second-order valence-corrected chi connectivity index (χ2v) is 7.83. The van der Waals surface area contributed by atoms with Crippen LogP contribution in [0.1, 0.15) is 51.1 Å². The number of aryl methyl sites for hydroxylation is 3. The van der Waals surface area contributed by atoms with Gasteiger partial charge in [0, 0.05) is 32.0 Å². The lowest BCUT2D eigenvalue weighted by atomic mass is 10.2. The van der Waals surface area contributed by atoms with Crippen molar-refractivity contribution >= 4 is 22.8 Å². The van der Waals surface area contributed by atoms with Gasteiger partial charge >= 0.3 is 5.69 Å². The van der Waals surface area contributed by atoms with Crippen LogP contribution in [0.2, 0.25) is 5.28 Å². The first kappa shape index (κ1) is 22.0. The van der Waals surface area contributed by atoms with Gasteiger partial charge in [0.05, 0.1) is 0 Å². The third kappa shape index (κ3) is 4.38. The molecule has 0 radical (unpaired) electrons. The third-order valence-electron chi connectivity index (χ3n) is 5.19. The van der Waals surface area contributed by atoms with E-state index in [9.17, 15) is 9.59 Å². The molecule has 0 spiro atoms. The first-order valence-corrected chi connectivity index (χ1v) is 11.1. The lowest BCUT2D eigenvalue weighted by Gasteiger charge is -2.10. The van der Waals surface area contributed by atoms with Crippen molar-refractivity contribution in [1.82, 2.24) is 34.4 Å². The molecule has 4 rings (SSSR count). The van der Waals surface area contributed by atoms with Gasteiger partial charge in [-0.3, -0.25) is 13.9 Å². The minimum absolute atomic E-state index is 0.0885. The molecule has 0 bridgehead atoms. The van der Waals surface area contributed by atoms with Crippen molar-refractivity contribution in [2.45, 2.75) is 65.5 Å². The number of aromatic amines is 1. The van der Waals surface area contributed by atoms with Crippen LogP contribution in [0, 0.1) is 0 Å². The van der Waals surface area contributed by atoms with E-state index in [4.69, 9.17) is 20.6 Å². The van der Waals surface area contributed by atoms with Crippen molar-refractivity contribution in [3.8, 4) is 11.6 Å². The monoisotopic (exact) mass is 461 g/mol. The Balaban J connectivity index is 1.44. The van der Waals surface area contributed by atoms with Gasteiger partial charge in [-0.25, -0.2) is 4.79 Å². The van der Waals surface area contributed by atoms with Gasteiger partial charge in [-0.2, -0.15) is 9.97 Å². The number of H-pyrrole nitrogens is 1. The molecule has 1 N–H and O–H groups in total. The van der Waals surface area contributed by atoms with Crippen LogP contribution >= 0.6 is 11.6 Å². The Labute approximate surface area is 187 Å². The molecule has 0 aromatic carbocycles. The van der Waals surface area contributed by atoms with E-state index in [2.05, 4.69) is 25.3 Å². The van der Waals surface area contributed by atoms with Crippen molar-refractivity contribution in [2.24, 2.45) is 0 Å². The third-order valence-corrected chi connectivity index (χ3v) is 5.37. The summed E-state index contributed by atoms with van der Waals surface area (Å²) in [4.78, 5) is 37.0. The standard InChI is InChI=1S/C20H24ClN7O4/c1-3-5-9-27-16-15(23-19(21)24-16)18(29)28(20(27)30)10-7-6-8-14-22-17(32-26-14)13-11-12(4-2)31-25-13/h11H,3-10H2,1-2H3,(H,23,24). The molecule has 0 aliphatic heterocycles. The molecule has 32 heavy (non-hydrogen) atoms. The van der Waals surface area contributed by atoms with Gasteiger partial charge in [-0.05, 0) is 30.9 Å². The Morgan fingerprint density at radius 1 is 1.03 bits per heavy atom. The summed E-state index contributed by atoms with van der Waals surface area (Å²) >= 11 is 5.95. The fourth-order valence-corrected chi connectivity index (χ4v) is 3.62. The molecule has 11 nitrogen and oxygen atoms in total. The van der Waals surface area contributed by atoms with E-state index in [-0.39, 0.29) is 23.0 Å². The van der Waals surface area contributed by atoms with Crippen LogP contribution in [0.5, 0.6) is 0 Å². The summed E-state index contributed by atoms with van der Waals surface area (Å²) in [6, 6.07) is 1.77.